The molecule has 0 saturated heterocycles. The maximum Gasteiger partial charge on any atom is 0.215 e. The van der Waals surface area contributed by atoms with Crippen molar-refractivity contribution < 1.29 is 0 Å². The summed E-state index contributed by atoms with van der Waals surface area (Å²) in [5.74, 6) is 0.576. The Morgan fingerprint density at radius 3 is 2.76 bits per heavy atom. The van der Waals surface area contributed by atoms with Crippen molar-refractivity contribution in [3.8, 4) is 11.4 Å². The fourth-order valence-electron chi connectivity index (χ4n) is 1.96. The average molecular weight is 390 g/mol. The van der Waals surface area contributed by atoms with E-state index in [1.807, 2.05) is 30.3 Å². The third kappa shape index (κ3) is 4.27. The molecule has 0 aliphatic rings. The lowest BCUT2D eigenvalue weighted by atomic mass is 10.2. The Labute approximate surface area is 158 Å². The molecule has 0 unspecified atom stereocenters. The number of hydrogen-bond acceptors (Lipinski definition) is 5. The Hall–Kier alpha value is -2.62. The molecule has 25 heavy (non-hydrogen) atoms. The van der Waals surface area contributed by atoms with Crippen LogP contribution in [0.1, 0.15) is 5.56 Å². The van der Waals surface area contributed by atoms with Crippen molar-refractivity contribution in [3.05, 3.63) is 64.1 Å². The molecule has 0 aliphatic heterocycles. The summed E-state index contributed by atoms with van der Waals surface area (Å²) in [5.41, 5.74) is 7.25. The normalized spacial score (nSPS) is 10.8. The van der Waals surface area contributed by atoms with Gasteiger partial charge in [-0.3, -0.25) is 15.8 Å². The minimum Gasteiger partial charge on any atom is -0.265 e. The number of hydrazone groups is 1. The van der Waals surface area contributed by atoms with Crippen molar-refractivity contribution in [3.63, 3.8) is 0 Å². The first-order valence-electron chi connectivity index (χ1n) is 7.07. The van der Waals surface area contributed by atoms with E-state index in [9.17, 15) is 0 Å². The lowest BCUT2D eigenvalue weighted by Crippen LogP contribution is -2.31. The molecule has 0 amide bonds. The van der Waals surface area contributed by atoms with Gasteiger partial charge in [0.2, 0.25) is 9.88 Å². The summed E-state index contributed by atoms with van der Waals surface area (Å²) in [6.07, 6.45) is 4.92. The minimum atomic E-state index is 0.246. The summed E-state index contributed by atoms with van der Waals surface area (Å²) in [7, 11) is 0. The SMILES string of the molecule is S=C(N/N=C/c1ccccc1Cl)Nn1c(-c2ccncc2)n[nH]c1=S. The van der Waals surface area contributed by atoms with Crippen LogP contribution in [-0.4, -0.2) is 31.2 Å². The largest absolute Gasteiger partial charge is 0.265 e. The van der Waals surface area contributed by atoms with Crippen LogP contribution in [0.25, 0.3) is 11.4 Å². The van der Waals surface area contributed by atoms with E-state index in [0.717, 1.165) is 11.1 Å². The number of pyridine rings is 1. The maximum absolute atomic E-state index is 6.06. The second kappa shape index (κ2) is 7.97. The highest BCUT2D eigenvalue weighted by molar-refractivity contribution is 7.80. The monoisotopic (exact) mass is 389 g/mol. The van der Waals surface area contributed by atoms with Gasteiger partial charge in [-0.25, -0.2) is 9.77 Å². The Kier molecular flexibility index (Phi) is 5.49. The highest BCUT2D eigenvalue weighted by atomic mass is 35.5. The molecule has 0 atom stereocenters. The summed E-state index contributed by atoms with van der Waals surface area (Å²) in [5, 5.41) is 11.8. The summed E-state index contributed by atoms with van der Waals surface area (Å²) in [4.78, 5) is 3.98. The molecular formula is C15H12ClN7S2. The third-order valence-electron chi connectivity index (χ3n) is 3.10. The average Bonchev–Trinajstić information content (AvgIpc) is 2.98. The van der Waals surface area contributed by atoms with E-state index < -0.39 is 0 Å². The Morgan fingerprint density at radius 1 is 1.24 bits per heavy atom. The molecule has 3 rings (SSSR count). The fourth-order valence-corrected chi connectivity index (χ4v) is 2.47. The molecular weight excluding hydrogens is 378 g/mol. The Morgan fingerprint density at radius 2 is 2.00 bits per heavy atom. The third-order valence-corrected chi connectivity index (χ3v) is 3.90. The molecule has 0 radical (unpaired) electrons. The minimum absolute atomic E-state index is 0.246. The standard InChI is InChI=1S/C15H12ClN7S2/c16-12-4-2-1-3-11(12)9-18-20-14(24)22-23-13(19-21-15(23)25)10-5-7-17-8-6-10/h1-9H,(H,21,25)(H2,20,22,24)/b18-9+. The van der Waals surface area contributed by atoms with Crippen LogP contribution in [0.5, 0.6) is 0 Å². The van der Waals surface area contributed by atoms with Crippen molar-refractivity contribution in [2.45, 2.75) is 0 Å². The Bertz CT molecular complexity index is 965. The first kappa shape index (κ1) is 17.2. The van der Waals surface area contributed by atoms with Crippen LogP contribution in [0, 0.1) is 4.77 Å². The van der Waals surface area contributed by atoms with Gasteiger partial charge in [-0.1, -0.05) is 29.8 Å². The summed E-state index contributed by atoms with van der Waals surface area (Å²) < 4.78 is 1.91. The zero-order valence-electron chi connectivity index (χ0n) is 12.7. The molecule has 7 nitrogen and oxygen atoms in total. The first-order chi connectivity index (χ1) is 12.1. The Balaban J connectivity index is 1.71. The fraction of sp³-hybridized carbons (Fsp3) is 0. The van der Waals surface area contributed by atoms with E-state index in [1.165, 1.54) is 0 Å². The van der Waals surface area contributed by atoms with Crippen LogP contribution in [0.2, 0.25) is 5.02 Å². The topological polar surface area (TPSA) is 82.9 Å². The summed E-state index contributed by atoms with van der Waals surface area (Å²) in [6, 6.07) is 11.0. The van der Waals surface area contributed by atoms with Gasteiger partial charge in [0.25, 0.3) is 0 Å². The van der Waals surface area contributed by atoms with Gasteiger partial charge < -0.3 is 0 Å². The van der Waals surface area contributed by atoms with Crippen LogP contribution < -0.4 is 10.9 Å². The van der Waals surface area contributed by atoms with Gasteiger partial charge in [-0.2, -0.15) is 10.2 Å². The lowest BCUT2D eigenvalue weighted by molar-refractivity contribution is 0.925. The van der Waals surface area contributed by atoms with Crippen LogP contribution in [0.4, 0.5) is 0 Å². The van der Waals surface area contributed by atoms with Crippen LogP contribution >= 0.6 is 36.0 Å². The van der Waals surface area contributed by atoms with Gasteiger partial charge in [0, 0.05) is 28.5 Å². The molecule has 3 aromatic rings. The van der Waals surface area contributed by atoms with Crippen molar-refractivity contribution >= 4 is 47.4 Å². The number of halogens is 1. The van der Waals surface area contributed by atoms with Gasteiger partial charge in [-0.05, 0) is 42.6 Å². The number of benzene rings is 1. The second-order valence-electron chi connectivity index (χ2n) is 4.76. The van der Waals surface area contributed by atoms with Crippen molar-refractivity contribution in [1.29, 1.82) is 0 Å². The number of thiocarbonyl (C=S) groups is 1. The van der Waals surface area contributed by atoms with Gasteiger partial charge in [0.05, 0.1) is 6.21 Å². The lowest BCUT2D eigenvalue weighted by Gasteiger charge is -2.10. The predicted molar refractivity (Wildman–Crippen MR) is 105 cm³/mol. The number of rotatable bonds is 4. The van der Waals surface area contributed by atoms with Crippen molar-refractivity contribution in [2.24, 2.45) is 5.10 Å². The first-order valence-corrected chi connectivity index (χ1v) is 8.27. The smallest absolute Gasteiger partial charge is 0.215 e. The molecule has 10 heteroatoms. The van der Waals surface area contributed by atoms with Crippen LogP contribution in [0.15, 0.2) is 53.9 Å². The van der Waals surface area contributed by atoms with Crippen molar-refractivity contribution in [1.82, 2.24) is 25.3 Å². The van der Waals surface area contributed by atoms with Gasteiger partial charge in [0.1, 0.15) is 0 Å². The van der Waals surface area contributed by atoms with Gasteiger partial charge >= 0.3 is 0 Å². The van der Waals surface area contributed by atoms with Crippen LogP contribution in [0.3, 0.4) is 0 Å². The van der Waals surface area contributed by atoms with Gasteiger partial charge in [0.15, 0.2) is 5.82 Å². The molecule has 126 valence electrons. The quantitative estimate of drug-likeness (QED) is 0.361. The molecule has 1 aromatic carbocycles. The van der Waals surface area contributed by atoms with Crippen LogP contribution in [-0.2, 0) is 0 Å². The predicted octanol–water partition coefficient (Wildman–Crippen LogP) is 3.11. The molecule has 2 heterocycles. The number of hydrogen-bond donors (Lipinski definition) is 3. The molecule has 0 spiro atoms. The summed E-state index contributed by atoms with van der Waals surface area (Å²) >= 11 is 16.5. The second-order valence-corrected chi connectivity index (χ2v) is 5.96. The molecule has 3 N–H and O–H groups in total. The van der Waals surface area contributed by atoms with Crippen molar-refractivity contribution in [2.75, 3.05) is 5.43 Å². The number of aromatic amines is 1. The summed E-state index contributed by atoms with van der Waals surface area (Å²) in [6.45, 7) is 0. The van der Waals surface area contributed by atoms with E-state index in [4.69, 9.17) is 36.0 Å². The molecule has 0 saturated carbocycles. The molecule has 0 aliphatic carbocycles. The number of nitrogens with one attached hydrogen (secondary N) is 3. The highest BCUT2D eigenvalue weighted by Gasteiger charge is 2.09. The number of aromatic nitrogens is 4. The number of nitrogens with zero attached hydrogens (tertiary/aromatic N) is 4. The molecule has 0 bridgehead atoms. The van der Waals surface area contributed by atoms with E-state index >= 15 is 0 Å². The van der Waals surface area contributed by atoms with Gasteiger partial charge in [-0.15, -0.1) is 0 Å². The van der Waals surface area contributed by atoms with E-state index in [1.54, 1.807) is 29.4 Å². The number of H-pyrrole nitrogens is 1. The zero-order chi connectivity index (χ0) is 17.6. The van der Waals surface area contributed by atoms with E-state index in [-0.39, 0.29) is 5.11 Å². The molecule has 0 fully saturated rings. The molecule has 2 aromatic heterocycles. The van der Waals surface area contributed by atoms with E-state index in [0.29, 0.717) is 15.6 Å². The highest BCUT2D eigenvalue weighted by Crippen LogP contribution is 2.14. The zero-order valence-corrected chi connectivity index (χ0v) is 15.1. The maximum atomic E-state index is 6.06. The van der Waals surface area contributed by atoms with E-state index in [2.05, 4.69) is 31.1 Å².